The smallest absolute Gasteiger partial charge is 0.250 e. The van der Waals surface area contributed by atoms with Crippen molar-refractivity contribution in [3.8, 4) is 0 Å². The van der Waals surface area contributed by atoms with E-state index in [0.717, 1.165) is 24.3 Å². The molecular formula is C14H20N2O3. The number of carbonyl (C=O) groups excluding carboxylic acids is 1. The highest BCUT2D eigenvalue weighted by molar-refractivity contribution is 5.91. The first-order valence-electron chi connectivity index (χ1n) is 6.34. The van der Waals surface area contributed by atoms with Crippen LogP contribution in [0.2, 0.25) is 0 Å². The van der Waals surface area contributed by atoms with Gasteiger partial charge in [0.25, 0.3) is 0 Å². The van der Waals surface area contributed by atoms with E-state index in [-0.39, 0.29) is 18.1 Å². The van der Waals surface area contributed by atoms with Crippen LogP contribution in [0.15, 0.2) is 24.3 Å². The molecule has 2 N–H and O–H groups in total. The van der Waals surface area contributed by atoms with Crippen molar-refractivity contribution in [1.29, 1.82) is 0 Å². The van der Waals surface area contributed by atoms with Gasteiger partial charge in [0, 0.05) is 25.9 Å². The molecule has 1 fully saturated rings. The van der Waals surface area contributed by atoms with Crippen LogP contribution in [0.3, 0.4) is 0 Å². The topological polar surface area (TPSA) is 59.6 Å². The summed E-state index contributed by atoms with van der Waals surface area (Å²) in [6, 6.07) is 7.59. The first-order chi connectivity index (χ1) is 9.11. The van der Waals surface area contributed by atoms with Gasteiger partial charge in [-0.25, -0.2) is 0 Å². The summed E-state index contributed by atoms with van der Waals surface area (Å²) >= 11 is 0. The monoisotopic (exact) mass is 264 g/mol. The van der Waals surface area contributed by atoms with Crippen LogP contribution in [-0.4, -0.2) is 38.3 Å². The number of anilines is 1. The van der Waals surface area contributed by atoms with Gasteiger partial charge < -0.3 is 20.1 Å². The van der Waals surface area contributed by atoms with Crippen molar-refractivity contribution < 1.29 is 14.3 Å². The van der Waals surface area contributed by atoms with Crippen LogP contribution in [0, 0.1) is 0 Å². The molecule has 0 unspecified atom stereocenters. The second kappa shape index (κ2) is 6.14. The van der Waals surface area contributed by atoms with Gasteiger partial charge >= 0.3 is 0 Å². The van der Waals surface area contributed by atoms with Gasteiger partial charge in [-0.3, -0.25) is 4.79 Å². The Balaban J connectivity index is 1.82. The molecule has 0 spiro atoms. The fraction of sp³-hybridized carbons (Fsp3) is 0.500. The fourth-order valence-corrected chi connectivity index (χ4v) is 1.92. The minimum atomic E-state index is -0.199. The van der Waals surface area contributed by atoms with E-state index in [1.54, 1.807) is 7.11 Å². The Kier molecular flexibility index (Phi) is 4.52. The first kappa shape index (κ1) is 14.0. The SMILES string of the molecule is COCc1cccc(NC(=O)COC2(C)CNC2)c1. The van der Waals surface area contributed by atoms with Crippen molar-refractivity contribution in [3.63, 3.8) is 0 Å². The van der Waals surface area contributed by atoms with E-state index in [1.807, 2.05) is 31.2 Å². The van der Waals surface area contributed by atoms with Gasteiger partial charge in [0.05, 0.1) is 12.2 Å². The highest BCUT2D eigenvalue weighted by atomic mass is 16.5. The van der Waals surface area contributed by atoms with Crippen LogP contribution in [0.1, 0.15) is 12.5 Å². The average Bonchev–Trinajstić information content (AvgIpc) is 2.35. The highest BCUT2D eigenvalue weighted by Gasteiger charge is 2.32. The quantitative estimate of drug-likeness (QED) is 0.809. The molecule has 1 amide bonds. The van der Waals surface area contributed by atoms with E-state index < -0.39 is 0 Å². The summed E-state index contributed by atoms with van der Waals surface area (Å²) in [5.41, 5.74) is 1.59. The summed E-state index contributed by atoms with van der Waals surface area (Å²) in [6.07, 6.45) is 0. The summed E-state index contributed by atoms with van der Waals surface area (Å²) in [5.74, 6) is -0.136. The van der Waals surface area contributed by atoms with E-state index in [0.29, 0.717) is 6.61 Å². The van der Waals surface area contributed by atoms with Gasteiger partial charge in [0.15, 0.2) is 0 Å². The third kappa shape index (κ3) is 4.02. The van der Waals surface area contributed by atoms with Gasteiger partial charge in [-0.1, -0.05) is 12.1 Å². The largest absolute Gasteiger partial charge is 0.380 e. The van der Waals surface area contributed by atoms with E-state index in [4.69, 9.17) is 9.47 Å². The lowest BCUT2D eigenvalue weighted by Gasteiger charge is -2.38. The molecule has 1 aliphatic rings. The van der Waals surface area contributed by atoms with Gasteiger partial charge in [0.2, 0.25) is 5.91 Å². The zero-order valence-electron chi connectivity index (χ0n) is 11.4. The first-order valence-corrected chi connectivity index (χ1v) is 6.34. The molecule has 0 aromatic heterocycles. The van der Waals surface area contributed by atoms with Crippen molar-refractivity contribution >= 4 is 11.6 Å². The Hall–Kier alpha value is -1.43. The summed E-state index contributed by atoms with van der Waals surface area (Å²) in [7, 11) is 1.65. The molecule has 0 aliphatic carbocycles. The average molecular weight is 264 g/mol. The number of ether oxygens (including phenoxy) is 2. The molecule has 1 heterocycles. The van der Waals surface area contributed by atoms with Crippen LogP contribution >= 0.6 is 0 Å². The maximum absolute atomic E-state index is 11.8. The van der Waals surface area contributed by atoms with Crippen LogP contribution in [0.4, 0.5) is 5.69 Å². The lowest BCUT2D eigenvalue weighted by atomic mass is 10.0. The molecule has 2 rings (SSSR count). The number of carbonyl (C=O) groups is 1. The Morgan fingerprint density at radius 1 is 1.47 bits per heavy atom. The number of methoxy groups -OCH3 is 1. The number of hydrogen-bond acceptors (Lipinski definition) is 4. The van der Waals surface area contributed by atoms with E-state index in [2.05, 4.69) is 10.6 Å². The minimum absolute atomic E-state index is 0.0761. The second-order valence-corrected chi connectivity index (χ2v) is 5.02. The predicted octanol–water partition coefficient (Wildman–Crippen LogP) is 1.15. The molecule has 0 radical (unpaired) electrons. The fourth-order valence-electron chi connectivity index (χ4n) is 1.92. The van der Waals surface area contributed by atoms with Crippen LogP contribution < -0.4 is 10.6 Å². The Labute approximate surface area is 113 Å². The molecule has 104 valence electrons. The molecule has 19 heavy (non-hydrogen) atoms. The van der Waals surface area contributed by atoms with Crippen molar-refractivity contribution in [2.45, 2.75) is 19.1 Å². The van der Waals surface area contributed by atoms with Gasteiger partial charge in [-0.2, -0.15) is 0 Å². The minimum Gasteiger partial charge on any atom is -0.380 e. The summed E-state index contributed by atoms with van der Waals surface area (Å²) < 4.78 is 10.6. The van der Waals surface area contributed by atoms with Crippen LogP contribution in [0.5, 0.6) is 0 Å². The van der Waals surface area contributed by atoms with Crippen molar-refractivity contribution in [2.24, 2.45) is 0 Å². The molecule has 0 atom stereocenters. The molecule has 1 aliphatic heterocycles. The molecule has 1 aromatic rings. The Bertz CT molecular complexity index is 444. The Morgan fingerprint density at radius 3 is 2.89 bits per heavy atom. The molecular weight excluding hydrogens is 244 g/mol. The van der Waals surface area contributed by atoms with Crippen molar-refractivity contribution in [1.82, 2.24) is 5.32 Å². The lowest BCUT2D eigenvalue weighted by Crippen LogP contribution is -2.59. The molecule has 0 saturated carbocycles. The molecule has 5 heteroatoms. The maximum atomic E-state index is 11.8. The zero-order chi connectivity index (χ0) is 13.7. The number of benzene rings is 1. The number of hydrogen-bond donors (Lipinski definition) is 2. The Morgan fingerprint density at radius 2 is 2.26 bits per heavy atom. The van der Waals surface area contributed by atoms with Gasteiger partial charge in [-0.15, -0.1) is 0 Å². The summed E-state index contributed by atoms with van der Waals surface area (Å²) in [4.78, 5) is 11.8. The van der Waals surface area contributed by atoms with Crippen molar-refractivity contribution in [2.75, 3.05) is 32.1 Å². The van der Waals surface area contributed by atoms with E-state index in [1.165, 1.54) is 0 Å². The standard InChI is InChI=1S/C14H20N2O3/c1-14(9-15-10-14)19-8-13(17)16-12-5-3-4-11(6-12)7-18-2/h3-6,15H,7-10H2,1-2H3,(H,16,17). The van der Waals surface area contributed by atoms with Crippen LogP contribution in [0.25, 0.3) is 0 Å². The predicted molar refractivity (Wildman–Crippen MR) is 73.0 cm³/mol. The van der Waals surface area contributed by atoms with Crippen molar-refractivity contribution in [3.05, 3.63) is 29.8 Å². The van der Waals surface area contributed by atoms with Gasteiger partial charge in [0.1, 0.15) is 6.61 Å². The van der Waals surface area contributed by atoms with E-state index >= 15 is 0 Å². The zero-order valence-corrected chi connectivity index (χ0v) is 11.4. The number of nitrogens with one attached hydrogen (secondary N) is 2. The van der Waals surface area contributed by atoms with Gasteiger partial charge in [-0.05, 0) is 24.6 Å². The molecule has 0 bridgehead atoms. The third-order valence-electron chi connectivity index (χ3n) is 3.07. The highest BCUT2D eigenvalue weighted by Crippen LogP contribution is 2.15. The third-order valence-corrected chi connectivity index (χ3v) is 3.07. The van der Waals surface area contributed by atoms with E-state index in [9.17, 15) is 4.79 Å². The summed E-state index contributed by atoms with van der Waals surface area (Å²) in [5, 5.41) is 5.95. The second-order valence-electron chi connectivity index (χ2n) is 5.02. The normalized spacial score (nSPS) is 16.7. The lowest BCUT2D eigenvalue weighted by molar-refractivity contribution is -0.130. The van der Waals surface area contributed by atoms with Crippen LogP contribution in [-0.2, 0) is 20.9 Å². The maximum Gasteiger partial charge on any atom is 0.250 e. The molecule has 1 aromatic carbocycles. The molecule has 5 nitrogen and oxygen atoms in total. The molecule has 1 saturated heterocycles. The number of rotatable bonds is 6. The summed E-state index contributed by atoms with van der Waals surface area (Å²) in [6.45, 7) is 4.19. The number of amides is 1.